The zero-order chi connectivity index (χ0) is 17.6. The highest BCUT2D eigenvalue weighted by Crippen LogP contribution is 2.21. The normalized spacial score (nSPS) is 16.8. The Kier molecular flexibility index (Phi) is 5.46. The molecule has 1 amide bonds. The van der Waals surface area contributed by atoms with Gasteiger partial charge in [-0.3, -0.25) is 4.79 Å². The largest absolute Gasteiger partial charge is 0.441 e. The summed E-state index contributed by atoms with van der Waals surface area (Å²) in [6, 6.07) is 11.7. The van der Waals surface area contributed by atoms with Crippen LogP contribution in [0.1, 0.15) is 24.3 Å². The van der Waals surface area contributed by atoms with Crippen LogP contribution in [0, 0.1) is 18.3 Å². The standard InChI is InChI=1S/C19H22N4O2/c1-14-17(22-19(25-14)15-6-3-2-4-7-15)9-10-21-13-18(24)23-11-5-8-16(23)12-20/h2-4,6-7,16,21H,5,8-11,13H2,1H3/t16-/m0/s1. The Labute approximate surface area is 147 Å². The van der Waals surface area contributed by atoms with E-state index in [-0.39, 0.29) is 18.5 Å². The molecule has 1 aromatic heterocycles. The molecule has 3 rings (SSSR count). The molecular formula is C19H22N4O2. The molecular weight excluding hydrogens is 316 g/mol. The summed E-state index contributed by atoms with van der Waals surface area (Å²) < 4.78 is 5.74. The third-order valence-corrected chi connectivity index (χ3v) is 4.45. The van der Waals surface area contributed by atoms with Crippen molar-refractivity contribution in [2.75, 3.05) is 19.6 Å². The van der Waals surface area contributed by atoms with Crippen LogP contribution < -0.4 is 5.32 Å². The number of carbonyl (C=O) groups is 1. The minimum atomic E-state index is -0.263. The Hall–Kier alpha value is -2.65. The first-order valence-electron chi connectivity index (χ1n) is 8.60. The summed E-state index contributed by atoms with van der Waals surface area (Å²) in [4.78, 5) is 18.4. The molecule has 0 saturated carbocycles. The van der Waals surface area contributed by atoms with E-state index in [9.17, 15) is 4.79 Å². The molecule has 0 unspecified atom stereocenters. The van der Waals surface area contributed by atoms with Gasteiger partial charge in [0.2, 0.25) is 11.8 Å². The molecule has 6 nitrogen and oxygen atoms in total. The van der Waals surface area contributed by atoms with E-state index in [0.29, 0.717) is 25.4 Å². The first kappa shape index (κ1) is 17.2. The minimum Gasteiger partial charge on any atom is -0.441 e. The third kappa shape index (κ3) is 4.06. The van der Waals surface area contributed by atoms with E-state index >= 15 is 0 Å². The van der Waals surface area contributed by atoms with Crippen LogP contribution in [0.2, 0.25) is 0 Å². The molecule has 1 aliphatic heterocycles. The van der Waals surface area contributed by atoms with Crippen LogP contribution in [-0.2, 0) is 11.2 Å². The molecule has 6 heteroatoms. The second kappa shape index (κ2) is 7.95. The number of benzene rings is 1. The van der Waals surface area contributed by atoms with Gasteiger partial charge >= 0.3 is 0 Å². The van der Waals surface area contributed by atoms with Gasteiger partial charge in [-0.1, -0.05) is 18.2 Å². The number of carbonyl (C=O) groups excluding carboxylic acids is 1. The molecule has 25 heavy (non-hydrogen) atoms. The number of nitrogens with one attached hydrogen (secondary N) is 1. The fourth-order valence-corrected chi connectivity index (χ4v) is 3.07. The summed E-state index contributed by atoms with van der Waals surface area (Å²) in [6.07, 6.45) is 2.38. The van der Waals surface area contributed by atoms with Crippen molar-refractivity contribution in [2.45, 2.75) is 32.2 Å². The van der Waals surface area contributed by atoms with Crippen molar-refractivity contribution in [3.8, 4) is 17.5 Å². The Morgan fingerprint density at radius 1 is 1.44 bits per heavy atom. The Morgan fingerprint density at radius 2 is 2.24 bits per heavy atom. The van der Waals surface area contributed by atoms with Crippen molar-refractivity contribution in [1.29, 1.82) is 5.26 Å². The smallest absolute Gasteiger partial charge is 0.237 e. The first-order valence-corrected chi connectivity index (χ1v) is 8.60. The SMILES string of the molecule is Cc1oc(-c2ccccc2)nc1CCNCC(=O)N1CCC[C@H]1C#N. The van der Waals surface area contributed by atoms with Crippen molar-refractivity contribution in [1.82, 2.24) is 15.2 Å². The maximum absolute atomic E-state index is 12.2. The molecule has 130 valence electrons. The maximum atomic E-state index is 12.2. The molecule has 1 aromatic carbocycles. The van der Waals surface area contributed by atoms with Gasteiger partial charge in [0.25, 0.3) is 0 Å². The molecule has 0 aliphatic carbocycles. The lowest BCUT2D eigenvalue weighted by molar-refractivity contribution is -0.130. The predicted octanol–water partition coefficient (Wildman–Crippen LogP) is 2.30. The number of hydrogen-bond acceptors (Lipinski definition) is 5. The molecule has 1 fully saturated rings. The highest BCUT2D eigenvalue weighted by Gasteiger charge is 2.27. The molecule has 1 atom stereocenters. The van der Waals surface area contributed by atoms with E-state index in [1.54, 1.807) is 4.90 Å². The van der Waals surface area contributed by atoms with Gasteiger partial charge in [-0.25, -0.2) is 4.98 Å². The van der Waals surface area contributed by atoms with Gasteiger partial charge in [0, 0.05) is 25.1 Å². The topological polar surface area (TPSA) is 82.2 Å². The van der Waals surface area contributed by atoms with Crippen LogP contribution in [0.5, 0.6) is 0 Å². The van der Waals surface area contributed by atoms with Gasteiger partial charge in [0.1, 0.15) is 11.8 Å². The van der Waals surface area contributed by atoms with Crippen molar-refractivity contribution >= 4 is 5.91 Å². The Bertz CT molecular complexity index is 763. The second-order valence-corrected chi connectivity index (χ2v) is 6.19. The molecule has 0 radical (unpaired) electrons. The van der Waals surface area contributed by atoms with Crippen molar-refractivity contribution in [3.05, 3.63) is 41.8 Å². The van der Waals surface area contributed by atoms with E-state index in [1.807, 2.05) is 37.3 Å². The van der Waals surface area contributed by atoms with Crippen LogP contribution in [-0.4, -0.2) is 41.5 Å². The molecule has 1 aliphatic rings. The number of amides is 1. The molecule has 1 N–H and O–H groups in total. The zero-order valence-corrected chi connectivity index (χ0v) is 14.4. The number of oxazole rings is 1. The molecule has 1 saturated heterocycles. The average Bonchev–Trinajstić information content (AvgIpc) is 3.26. The fraction of sp³-hybridized carbons (Fsp3) is 0.421. The number of nitriles is 1. The average molecular weight is 338 g/mol. The quantitative estimate of drug-likeness (QED) is 0.817. The summed E-state index contributed by atoms with van der Waals surface area (Å²) in [5.74, 6) is 1.42. The van der Waals surface area contributed by atoms with Gasteiger partial charge in [0.15, 0.2) is 0 Å². The van der Waals surface area contributed by atoms with Gasteiger partial charge < -0.3 is 14.6 Å². The van der Waals surface area contributed by atoms with Crippen LogP contribution in [0.4, 0.5) is 0 Å². The number of likely N-dealkylation sites (tertiary alicyclic amines) is 1. The van der Waals surface area contributed by atoms with Gasteiger partial charge in [-0.15, -0.1) is 0 Å². The summed E-state index contributed by atoms with van der Waals surface area (Å²) >= 11 is 0. The van der Waals surface area contributed by atoms with E-state index in [0.717, 1.165) is 29.9 Å². The van der Waals surface area contributed by atoms with Crippen molar-refractivity contribution in [2.24, 2.45) is 0 Å². The van der Waals surface area contributed by atoms with Crippen LogP contribution in [0.15, 0.2) is 34.7 Å². The summed E-state index contributed by atoms with van der Waals surface area (Å²) in [5.41, 5.74) is 1.85. The molecule has 0 spiro atoms. The van der Waals surface area contributed by atoms with Crippen LogP contribution >= 0.6 is 0 Å². The first-order chi connectivity index (χ1) is 12.2. The van der Waals surface area contributed by atoms with E-state index in [4.69, 9.17) is 9.68 Å². The number of rotatable bonds is 6. The van der Waals surface area contributed by atoms with E-state index in [2.05, 4.69) is 16.4 Å². The summed E-state index contributed by atoms with van der Waals surface area (Å²) in [6.45, 7) is 3.47. The minimum absolute atomic E-state index is 0.00843. The lowest BCUT2D eigenvalue weighted by Gasteiger charge is -2.19. The van der Waals surface area contributed by atoms with E-state index in [1.165, 1.54) is 0 Å². The monoisotopic (exact) mass is 338 g/mol. The number of nitrogens with zero attached hydrogens (tertiary/aromatic N) is 3. The lowest BCUT2D eigenvalue weighted by Crippen LogP contribution is -2.41. The fourth-order valence-electron chi connectivity index (χ4n) is 3.07. The lowest BCUT2D eigenvalue weighted by atomic mass is 10.2. The number of hydrogen-bond donors (Lipinski definition) is 1. The van der Waals surface area contributed by atoms with E-state index < -0.39 is 0 Å². The molecule has 0 bridgehead atoms. The highest BCUT2D eigenvalue weighted by molar-refractivity contribution is 5.79. The summed E-state index contributed by atoms with van der Waals surface area (Å²) in [5, 5.41) is 12.2. The molecule has 2 heterocycles. The van der Waals surface area contributed by atoms with Crippen LogP contribution in [0.25, 0.3) is 11.5 Å². The number of aromatic nitrogens is 1. The maximum Gasteiger partial charge on any atom is 0.237 e. The van der Waals surface area contributed by atoms with Crippen molar-refractivity contribution < 1.29 is 9.21 Å². The Morgan fingerprint density at radius 3 is 3.00 bits per heavy atom. The predicted molar refractivity (Wildman–Crippen MR) is 93.6 cm³/mol. The highest BCUT2D eigenvalue weighted by atomic mass is 16.4. The summed E-state index contributed by atoms with van der Waals surface area (Å²) in [7, 11) is 0. The Balaban J connectivity index is 1.49. The zero-order valence-electron chi connectivity index (χ0n) is 14.4. The number of aryl methyl sites for hydroxylation is 1. The second-order valence-electron chi connectivity index (χ2n) is 6.19. The third-order valence-electron chi connectivity index (χ3n) is 4.45. The molecule has 2 aromatic rings. The van der Waals surface area contributed by atoms with Gasteiger partial charge in [0.05, 0.1) is 18.3 Å². The van der Waals surface area contributed by atoms with Gasteiger partial charge in [-0.2, -0.15) is 5.26 Å². The van der Waals surface area contributed by atoms with Gasteiger partial charge in [-0.05, 0) is 31.9 Å². The van der Waals surface area contributed by atoms with Crippen molar-refractivity contribution in [3.63, 3.8) is 0 Å². The van der Waals surface area contributed by atoms with Crippen LogP contribution in [0.3, 0.4) is 0 Å².